The molecule has 0 amide bonds. The summed E-state index contributed by atoms with van der Waals surface area (Å²) in [6.07, 6.45) is 0. The molecule has 0 aliphatic rings. The molecule has 0 saturated carbocycles. The summed E-state index contributed by atoms with van der Waals surface area (Å²) in [5.41, 5.74) is 8.03. The van der Waals surface area contributed by atoms with Crippen molar-refractivity contribution in [3.8, 4) is 39.7 Å². The van der Waals surface area contributed by atoms with Gasteiger partial charge in [-0.15, -0.1) is 11.3 Å². The Kier molecular flexibility index (Phi) is 5.64. The molecule has 206 valence electrons. The molecule has 3 aromatic heterocycles. The smallest absolute Gasteiger partial charge is 0.160 e. The first kappa shape index (κ1) is 24.9. The summed E-state index contributed by atoms with van der Waals surface area (Å²) in [5.74, 6) is 1.58. The maximum Gasteiger partial charge on any atom is 0.160 e. The van der Waals surface area contributed by atoms with E-state index in [-0.39, 0.29) is 0 Å². The lowest BCUT2D eigenvalue weighted by Gasteiger charge is -2.12. The molecule has 0 aliphatic heterocycles. The molecular formula is C39H24N4S. The van der Waals surface area contributed by atoms with Crippen molar-refractivity contribution >= 4 is 53.4 Å². The van der Waals surface area contributed by atoms with Crippen LogP contribution in [0.1, 0.15) is 0 Å². The molecule has 0 aliphatic carbocycles. The van der Waals surface area contributed by atoms with E-state index in [4.69, 9.17) is 15.0 Å². The van der Waals surface area contributed by atoms with E-state index in [0.29, 0.717) is 5.82 Å². The Hall–Kier alpha value is -5.65. The summed E-state index contributed by atoms with van der Waals surface area (Å²) in [5, 5.41) is 3.47. The van der Waals surface area contributed by atoms with E-state index in [1.165, 1.54) is 20.2 Å². The molecule has 6 aromatic carbocycles. The number of imidazole rings is 1. The monoisotopic (exact) mass is 580 g/mol. The Bertz CT molecular complexity index is 2490. The summed E-state index contributed by atoms with van der Waals surface area (Å²) in [7, 11) is 0. The lowest BCUT2D eigenvalue weighted by Crippen LogP contribution is -1.98. The van der Waals surface area contributed by atoms with Crippen molar-refractivity contribution < 1.29 is 0 Å². The van der Waals surface area contributed by atoms with Gasteiger partial charge >= 0.3 is 0 Å². The maximum atomic E-state index is 5.31. The first-order chi connectivity index (χ1) is 21.8. The molecular weight excluding hydrogens is 557 g/mol. The van der Waals surface area contributed by atoms with Gasteiger partial charge in [-0.25, -0.2) is 15.0 Å². The molecule has 0 spiro atoms. The summed E-state index contributed by atoms with van der Waals surface area (Å²) in [6.45, 7) is 0. The highest BCUT2D eigenvalue weighted by molar-refractivity contribution is 7.26. The summed E-state index contributed by atoms with van der Waals surface area (Å²) in [6, 6.07) is 50.6. The van der Waals surface area contributed by atoms with Crippen molar-refractivity contribution in [2.45, 2.75) is 0 Å². The Morgan fingerprint density at radius 3 is 2.11 bits per heavy atom. The fourth-order valence-electron chi connectivity index (χ4n) is 6.20. The molecule has 0 fully saturated rings. The number of nitrogens with zero attached hydrogens (tertiary/aromatic N) is 4. The van der Waals surface area contributed by atoms with E-state index in [1.807, 2.05) is 29.5 Å². The van der Waals surface area contributed by atoms with Crippen LogP contribution in [-0.2, 0) is 0 Å². The van der Waals surface area contributed by atoms with Crippen LogP contribution in [0, 0.1) is 0 Å². The molecule has 9 aromatic rings. The predicted octanol–water partition coefficient (Wildman–Crippen LogP) is 10.3. The van der Waals surface area contributed by atoms with E-state index in [9.17, 15) is 0 Å². The summed E-state index contributed by atoms with van der Waals surface area (Å²) >= 11 is 1.81. The van der Waals surface area contributed by atoms with Crippen molar-refractivity contribution in [3.63, 3.8) is 0 Å². The van der Waals surface area contributed by atoms with Crippen LogP contribution in [0.15, 0.2) is 146 Å². The number of thiophene rings is 1. The quantitative estimate of drug-likeness (QED) is 0.208. The van der Waals surface area contributed by atoms with E-state index in [0.717, 1.165) is 55.8 Å². The second kappa shape index (κ2) is 9.97. The maximum absolute atomic E-state index is 5.31. The van der Waals surface area contributed by atoms with Crippen LogP contribution in [0.4, 0.5) is 0 Å². The minimum atomic E-state index is 0.698. The highest BCUT2D eigenvalue weighted by atomic mass is 32.1. The molecule has 0 bridgehead atoms. The number of fused-ring (bicyclic) bond motifs is 6. The van der Waals surface area contributed by atoms with Gasteiger partial charge in [0.05, 0.1) is 22.2 Å². The third-order valence-corrected chi connectivity index (χ3v) is 9.34. The second-order valence-corrected chi connectivity index (χ2v) is 12.0. The van der Waals surface area contributed by atoms with Gasteiger partial charge in [0.2, 0.25) is 0 Å². The summed E-state index contributed by atoms with van der Waals surface area (Å²) in [4.78, 5) is 15.6. The second-order valence-electron chi connectivity index (χ2n) is 10.9. The number of hydrogen-bond donors (Lipinski definition) is 0. The van der Waals surface area contributed by atoms with Crippen molar-refractivity contribution in [2.24, 2.45) is 0 Å². The van der Waals surface area contributed by atoms with E-state index >= 15 is 0 Å². The van der Waals surface area contributed by atoms with Crippen LogP contribution < -0.4 is 0 Å². The Morgan fingerprint density at radius 2 is 1.23 bits per heavy atom. The first-order valence-corrected chi connectivity index (χ1v) is 15.4. The first-order valence-electron chi connectivity index (χ1n) is 14.6. The van der Waals surface area contributed by atoms with E-state index < -0.39 is 0 Å². The van der Waals surface area contributed by atoms with E-state index in [2.05, 4.69) is 132 Å². The standard InChI is InChI=1S/C39H24N4S/c1-3-12-25(13-4-1)36-30-22-23-34-35(29-18-7-10-21-33(29)44-34)37(30)42-38(41-36)26-14-11-15-27(24-26)39-40-31-19-8-9-20-32(31)43(39)28-16-5-2-6-17-28/h1-24H. The predicted molar refractivity (Wildman–Crippen MR) is 183 cm³/mol. The van der Waals surface area contributed by atoms with Gasteiger partial charge in [-0.2, -0.15) is 0 Å². The molecule has 9 rings (SSSR count). The molecule has 5 heteroatoms. The van der Waals surface area contributed by atoms with Crippen LogP contribution >= 0.6 is 11.3 Å². The van der Waals surface area contributed by atoms with Crippen LogP contribution in [0.25, 0.3) is 81.8 Å². The van der Waals surface area contributed by atoms with Gasteiger partial charge in [-0.3, -0.25) is 4.57 Å². The van der Waals surface area contributed by atoms with E-state index in [1.54, 1.807) is 0 Å². The summed E-state index contributed by atoms with van der Waals surface area (Å²) < 4.78 is 4.72. The van der Waals surface area contributed by atoms with Crippen LogP contribution in [0.5, 0.6) is 0 Å². The number of hydrogen-bond acceptors (Lipinski definition) is 4. The van der Waals surface area contributed by atoms with Crippen molar-refractivity contribution in [1.82, 2.24) is 19.5 Å². The fraction of sp³-hybridized carbons (Fsp3) is 0. The molecule has 44 heavy (non-hydrogen) atoms. The third kappa shape index (κ3) is 3.94. The SMILES string of the molecule is c1ccc(-c2nc(-c3cccc(-c4nc5ccccc5n4-c4ccccc4)c3)nc3c2ccc2sc4ccccc4c23)cc1. The largest absolute Gasteiger partial charge is 0.292 e. The molecule has 4 nitrogen and oxygen atoms in total. The highest BCUT2D eigenvalue weighted by Crippen LogP contribution is 2.41. The average Bonchev–Trinajstić information content (AvgIpc) is 3.68. The molecule has 0 saturated heterocycles. The molecule has 0 unspecified atom stereocenters. The van der Waals surface area contributed by atoms with Crippen molar-refractivity contribution in [1.29, 1.82) is 0 Å². The fourth-order valence-corrected chi connectivity index (χ4v) is 7.31. The number of rotatable bonds is 4. The zero-order chi connectivity index (χ0) is 29.0. The van der Waals surface area contributed by atoms with Gasteiger partial charge < -0.3 is 0 Å². The molecule has 3 heterocycles. The highest BCUT2D eigenvalue weighted by Gasteiger charge is 2.18. The molecule has 0 atom stereocenters. The normalized spacial score (nSPS) is 11.6. The lowest BCUT2D eigenvalue weighted by atomic mass is 10.0. The van der Waals surface area contributed by atoms with Crippen LogP contribution in [0.2, 0.25) is 0 Å². The number of aromatic nitrogens is 4. The number of para-hydroxylation sites is 3. The third-order valence-electron chi connectivity index (χ3n) is 8.21. The van der Waals surface area contributed by atoms with Crippen LogP contribution in [-0.4, -0.2) is 19.5 Å². The van der Waals surface area contributed by atoms with Gasteiger partial charge in [-0.05, 0) is 48.5 Å². The minimum Gasteiger partial charge on any atom is -0.292 e. The minimum absolute atomic E-state index is 0.698. The number of benzene rings is 6. The topological polar surface area (TPSA) is 43.6 Å². The van der Waals surface area contributed by atoms with Crippen molar-refractivity contribution in [2.75, 3.05) is 0 Å². The van der Waals surface area contributed by atoms with Crippen LogP contribution in [0.3, 0.4) is 0 Å². The Morgan fingerprint density at radius 1 is 0.500 bits per heavy atom. The van der Waals surface area contributed by atoms with Gasteiger partial charge in [-0.1, -0.05) is 97.1 Å². The Labute approximate surface area is 257 Å². The molecule has 0 N–H and O–H groups in total. The zero-order valence-corrected chi connectivity index (χ0v) is 24.4. The lowest BCUT2D eigenvalue weighted by molar-refractivity contribution is 1.10. The van der Waals surface area contributed by atoms with Gasteiger partial charge in [0.15, 0.2) is 5.82 Å². The average molecular weight is 581 g/mol. The Balaban J connectivity index is 1.31. The zero-order valence-electron chi connectivity index (χ0n) is 23.6. The van der Waals surface area contributed by atoms with Gasteiger partial charge in [0.1, 0.15) is 5.82 Å². The molecule has 0 radical (unpaired) electrons. The van der Waals surface area contributed by atoms with Crippen molar-refractivity contribution in [3.05, 3.63) is 146 Å². The van der Waals surface area contributed by atoms with Gasteiger partial charge in [0.25, 0.3) is 0 Å². The van der Waals surface area contributed by atoms with Gasteiger partial charge in [0, 0.05) is 47.9 Å².